The first kappa shape index (κ1) is 12.5. The van der Waals surface area contributed by atoms with E-state index in [0.717, 1.165) is 0 Å². The monoisotopic (exact) mass is 252 g/mol. The number of phenols is 1. The maximum absolute atomic E-state index is 13.1. The van der Waals surface area contributed by atoms with E-state index in [1.165, 1.54) is 10.7 Å². The molecule has 96 valence electrons. The first-order valence-corrected chi connectivity index (χ1v) is 5.53. The minimum atomic E-state index is -2.57. The SMILES string of the molecule is Cc1cc(-c2nn(C)c(C)c2C(F)F)ccc1O. The number of benzene rings is 1. The van der Waals surface area contributed by atoms with Crippen LogP contribution in [0.2, 0.25) is 0 Å². The van der Waals surface area contributed by atoms with Gasteiger partial charge in [0.05, 0.1) is 5.56 Å². The minimum Gasteiger partial charge on any atom is -0.508 e. The second-order valence-electron chi connectivity index (χ2n) is 4.27. The van der Waals surface area contributed by atoms with Crippen molar-refractivity contribution in [1.82, 2.24) is 9.78 Å². The molecule has 1 N–H and O–H groups in total. The van der Waals surface area contributed by atoms with Crippen molar-refractivity contribution in [3.63, 3.8) is 0 Å². The number of aromatic nitrogens is 2. The van der Waals surface area contributed by atoms with Crippen LogP contribution in [0.3, 0.4) is 0 Å². The van der Waals surface area contributed by atoms with Crippen molar-refractivity contribution < 1.29 is 13.9 Å². The smallest absolute Gasteiger partial charge is 0.267 e. The van der Waals surface area contributed by atoms with E-state index in [0.29, 0.717) is 16.8 Å². The summed E-state index contributed by atoms with van der Waals surface area (Å²) in [7, 11) is 1.64. The van der Waals surface area contributed by atoms with Crippen LogP contribution in [-0.4, -0.2) is 14.9 Å². The summed E-state index contributed by atoms with van der Waals surface area (Å²) >= 11 is 0. The molecule has 2 rings (SSSR count). The van der Waals surface area contributed by atoms with Gasteiger partial charge in [-0.2, -0.15) is 5.10 Å². The minimum absolute atomic E-state index is 0.0532. The molecule has 5 heteroatoms. The third kappa shape index (κ3) is 1.96. The first-order chi connectivity index (χ1) is 8.41. The predicted octanol–water partition coefficient (Wildman–Crippen LogP) is 3.35. The van der Waals surface area contributed by atoms with E-state index >= 15 is 0 Å². The van der Waals surface area contributed by atoms with Gasteiger partial charge in [-0.25, -0.2) is 8.78 Å². The molecule has 1 aromatic heterocycles. The maximum Gasteiger partial charge on any atom is 0.267 e. The molecule has 0 spiro atoms. The largest absolute Gasteiger partial charge is 0.508 e. The zero-order valence-electron chi connectivity index (χ0n) is 10.4. The van der Waals surface area contributed by atoms with E-state index < -0.39 is 6.43 Å². The van der Waals surface area contributed by atoms with Gasteiger partial charge in [0.2, 0.25) is 0 Å². The summed E-state index contributed by atoms with van der Waals surface area (Å²) in [5, 5.41) is 13.6. The highest BCUT2D eigenvalue weighted by Crippen LogP contribution is 2.34. The molecule has 0 amide bonds. The molecule has 2 aromatic rings. The molecule has 0 bridgehead atoms. The summed E-state index contributed by atoms with van der Waals surface area (Å²) in [5.41, 5.74) is 1.89. The van der Waals surface area contributed by atoms with Crippen LogP contribution in [0.15, 0.2) is 18.2 Å². The van der Waals surface area contributed by atoms with E-state index in [4.69, 9.17) is 0 Å². The van der Waals surface area contributed by atoms with Gasteiger partial charge in [-0.3, -0.25) is 4.68 Å². The van der Waals surface area contributed by atoms with E-state index in [9.17, 15) is 13.9 Å². The number of aryl methyl sites for hydroxylation is 2. The Hall–Kier alpha value is -1.91. The summed E-state index contributed by atoms with van der Waals surface area (Å²) < 4.78 is 27.6. The van der Waals surface area contributed by atoms with Crippen molar-refractivity contribution in [3.05, 3.63) is 35.0 Å². The summed E-state index contributed by atoms with van der Waals surface area (Å²) in [5.74, 6) is 0.144. The number of rotatable bonds is 2. The Morgan fingerprint density at radius 3 is 2.50 bits per heavy atom. The standard InChI is InChI=1S/C13H14F2N2O/c1-7-6-9(4-5-10(7)18)12-11(13(14)15)8(2)17(3)16-12/h4-6,13,18H,1-3H3. The molecule has 0 unspecified atom stereocenters. The molecule has 0 aliphatic rings. The molecule has 0 aliphatic heterocycles. The van der Waals surface area contributed by atoms with Crippen molar-refractivity contribution in [2.24, 2.45) is 7.05 Å². The lowest BCUT2D eigenvalue weighted by Gasteiger charge is -2.05. The lowest BCUT2D eigenvalue weighted by molar-refractivity contribution is 0.151. The fourth-order valence-electron chi connectivity index (χ4n) is 1.90. The topological polar surface area (TPSA) is 38.0 Å². The van der Waals surface area contributed by atoms with Crippen LogP contribution in [0.4, 0.5) is 8.78 Å². The Balaban J connectivity index is 2.63. The molecule has 0 fully saturated rings. The van der Waals surface area contributed by atoms with Crippen molar-refractivity contribution in [2.45, 2.75) is 20.3 Å². The average molecular weight is 252 g/mol. The van der Waals surface area contributed by atoms with Gasteiger partial charge in [0.25, 0.3) is 6.43 Å². The number of hydrogen-bond acceptors (Lipinski definition) is 2. The first-order valence-electron chi connectivity index (χ1n) is 5.53. The van der Waals surface area contributed by atoms with E-state index in [1.807, 2.05) is 0 Å². The number of hydrogen-bond donors (Lipinski definition) is 1. The number of aromatic hydroxyl groups is 1. The van der Waals surface area contributed by atoms with E-state index in [2.05, 4.69) is 5.10 Å². The van der Waals surface area contributed by atoms with Gasteiger partial charge in [0, 0.05) is 18.3 Å². The quantitative estimate of drug-likeness (QED) is 0.890. The third-order valence-corrected chi connectivity index (χ3v) is 3.07. The highest BCUT2D eigenvalue weighted by molar-refractivity contribution is 5.66. The molecule has 0 aliphatic carbocycles. The summed E-state index contributed by atoms with van der Waals surface area (Å²) in [6.45, 7) is 3.34. The van der Waals surface area contributed by atoms with Crippen LogP contribution in [0.5, 0.6) is 5.75 Å². The Morgan fingerprint density at radius 1 is 1.28 bits per heavy atom. The number of halogens is 2. The van der Waals surface area contributed by atoms with Crippen molar-refractivity contribution in [2.75, 3.05) is 0 Å². The van der Waals surface area contributed by atoms with Gasteiger partial charge in [0.1, 0.15) is 11.4 Å². The second-order valence-corrected chi connectivity index (χ2v) is 4.27. The number of nitrogens with zero attached hydrogens (tertiary/aromatic N) is 2. The molecule has 0 atom stereocenters. The zero-order valence-corrected chi connectivity index (χ0v) is 10.4. The van der Waals surface area contributed by atoms with Crippen LogP contribution in [-0.2, 0) is 7.05 Å². The third-order valence-electron chi connectivity index (χ3n) is 3.07. The van der Waals surface area contributed by atoms with Gasteiger partial charge < -0.3 is 5.11 Å². The molecular formula is C13H14F2N2O. The van der Waals surface area contributed by atoms with Gasteiger partial charge in [-0.05, 0) is 37.6 Å². The molecular weight excluding hydrogens is 238 g/mol. The summed E-state index contributed by atoms with van der Waals surface area (Å²) in [4.78, 5) is 0. The lowest BCUT2D eigenvalue weighted by Crippen LogP contribution is -1.94. The molecule has 0 saturated carbocycles. The van der Waals surface area contributed by atoms with Crippen LogP contribution in [0.25, 0.3) is 11.3 Å². The normalized spacial score (nSPS) is 11.2. The average Bonchev–Trinajstić information content (AvgIpc) is 2.59. The predicted molar refractivity (Wildman–Crippen MR) is 64.7 cm³/mol. The van der Waals surface area contributed by atoms with Crippen LogP contribution < -0.4 is 0 Å². The van der Waals surface area contributed by atoms with Crippen LogP contribution in [0, 0.1) is 13.8 Å². The van der Waals surface area contributed by atoms with Crippen molar-refractivity contribution in [1.29, 1.82) is 0 Å². The summed E-state index contributed by atoms with van der Waals surface area (Å²) in [6, 6.07) is 4.74. The number of alkyl halides is 2. The second kappa shape index (κ2) is 4.40. The van der Waals surface area contributed by atoms with Crippen molar-refractivity contribution >= 4 is 0 Å². The Labute approximate surface area is 104 Å². The van der Waals surface area contributed by atoms with E-state index in [-0.39, 0.29) is 17.0 Å². The van der Waals surface area contributed by atoms with Gasteiger partial charge in [-0.1, -0.05) is 0 Å². The summed E-state index contributed by atoms with van der Waals surface area (Å²) in [6.07, 6.45) is -2.57. The van der Waals surface area contributed by atoms with Crippen molar-refractivity contribution in [3.8, 4) is 17.0 Å². The zero-order chi connectivity index (χ0) is 13.4. The molecule has 3 nitrogen and oxygen atoms in total. The molecule has 0 radical (unpaired) electrons. The van der Waals surface area contributed by atoms with Crippen LogP contribution >= 0.6 is 0 Å². The maximum atomic E-state index is 13.1. The highest BCUT2D eigenvalue weighted by atomic mass is 19.3. The molecule has 1 aromatic carbocycles. The number of phenolic OH excluding ortho intramolecular Hbond substituents is 1. The van der Waals surface area contributed by atoms with Gasteiger partial charge >= 0.3 is 0 Å². The van der Waals surface area contributed by atoms with Crippen LogP contribution in [0.1, 0.15) is 23.2 Å². The Morgan fingerprint density at radius 2 is 1.94 bits per heavy atom. The Bertz CT molecular complexity index is 591. The van der Waals surface area contributed by atoms with Gasteiger partial charge in [-0.15, -0.1) is 0 Å². The lowest BCUT2D eigenvalue weighted by atomic mass is 10.0. The van der Waals surface area contributed by atoms with Gasteiger partial charge in [0.15, 0.2) is 0 Å². The molecule has 18 heavy (non-hydrogen) atoms. The Kier molecular flexibility index (Phi) is 3.07. The molecule has 1 heterocycles. The molecule has 0 saturated heterocycles. The van der Waals surface area contributed by atoms with E-state index in [1.54, 1.807) is 33.0 Å². The highest BCUT2D eigenvalue weighted by Gasteiger charge is 2.22. The fourth-order valence-corrected chi connectivity index (χ4v) is 1.90. The fraction of sp³-hybridized carbons (Fsp3) is 0.308.